The van der Waals surface area contributed by atoms with Gasteiger partial charge in [-0.15, -0.1) is 0 Å². The molecule has 6 heteroatoms. The second-order valence-electron chi connectivity index (χ2n) is 5.57. The molecular weight excluding hydrogens is 282 g/mol. The van der Waals surface area contributed by atoms with Gasteiger partial charge in [-0.05, 0) is 24.6 Å². The molecule has 2 unspecified atom stereocenters. The van der Waals surface area contributed by atoms with Crippen LogP contribution in [-0.4, -0.2) is 43.0 Å². The van der Waals surface area contributed by atoms with Gasteiger partial charge in [0, 0.05) is 18.8 Å². The average Bonchev–Trinajstić information content (AvgIpc) is 3.36. The number of nitrogens with one attached hydrogen (secondary N) is 1. The Balaban J connectivity index is 1.56. The SMILES string of the molecule is N#Cc1cccc(NC(=O)C2CC2C(=O)N2CCOCC2)c1. The zero-order chi connectivity index (χ0) is 15.5. The molecule has 114 valence electrons. The van der Waals surface area contributed by atoms with Crippen LogP contribution in [0.2, 0.25) is 0 Å². The molecule has 2 atom stereocenters. The summed E-state index contributed by atoms with van der Waals surface area (Å²) in [4.78, 5) is 26.2. The van der Waals surface area contributed by atoms with E-state index in [0.29, 0.717) is 44.0 Å². The molecule has 22 heavy (non-hydrogen) atoms. The summed E-state index contributed by atoms with van der Waals surface area (Å²) >= 11 is 0. The zero-order valence-corrected chi connectivity index (χ0v) is 12.1. The standard InChI is InChI=1S/C16H17N3O3/c17-10-11-2-1-3-12(8-11)18-15(20)13-9-14(13)16(21)19-4-6-22-7-5-19/h1-3,8,13-14H,4-7,9H2,(H,18,20). The third kappa shape index (κ3) is 3.10. The maximum Gasteiger partial charge on any atom is 0.228 e. The van der Waals surface area contributed by atoms with Crippen LogP contribution >= 0.6 is 0 Å². The Kier molecular flexibility index (Phi) is 4.07. The van der Waals surface area contributed by atoms with E-state index in [-0.39, 0.29) is 23.7 Å². The monoisotopic (exact) mass is 299 g/mol. The van der Waals surface area contributed by atoms with Crippen molar-refractivity contribution in [3.8, 4) is 6.07 Å². The van der Waals surface area contributed by atoms with Crippen LogP contribution < -0.4 is 5.32 Å². The van der Waals surface area contributed by atoms with Crippen LogP contribution in [0.3, 0.4) is 0 Å². The molecule has 3 rings (SSSR count). The molecule has 1 saturated carbocycles. The van der Waals surface area contributed by atoms with Gasteiger partial charge in [0.25, 0.3) is 0 Å². The molecule has 1 N–H and O–H groups in total. The first-order chi connectivity index (χ1) is 10.7. The molecule has 1 aromatic carbocycles. The van der Waals surface area contributed by atoms with Crippen molar-refractivity contribution in [2.45, 2.75) is 6.42 Å². The smallest absolute Gasteiger partial charge is 0.228 e. The molecule has 0 bridgehead atoms. The number of nitrogens with zero attached hydrogens (tertiary/aromatic N) is 2. The van der Waals surface area contributed by atoms with E-state index in [9.17, 15) is 9.59 Å². The summed E-state index contributed by atoms with van der Waals surface area (Å²) in [6.45, 7) is 2.34. The van der Waals surface area contributed by atoms with E-state index in [1.165, 1.54) is 0 Å². The Morgan fingerprint density at radius 1 is 1.27 bits per heavy atom. The minimum Gasteiger partial charge on any atom is -0.378 e. The largest absolute Gasteiger partial charge is 0.378 e. The molecule has 1 aliphatic heterocycles. The quantitative estimate of drug-likeness (QED) is 0.902. The number of benzene rings is 1. The fraction of sp³-hybridized carbons (Fsp3) is 0.438. The van der Waals surface area contributed by atoms with Crippen molar-refractivity contribution in [3.05, 3.63) is 29.8 Å². The number of carbonyl (C=O) groups excluding carboxylic acids is 2. The van der Waals surface area contributed by atoms with Gasteiger partial charge in [0.1, 0.15) is 0 Å². The van der Waals surface area contributed by atoms with Crippen molar-refractivity contribution in [2.75, 3.05) is 31.6 Å². The molecule has 2 amide bonds. The van der Waals surface area contributed by atoms with E-state index >= 15 is 0 Å². The van der Waals surface area contributed by atoms with E-state index in [0.717, 1.165) is 0 Å². The van der Waals surface area contributed by atoms with Crippen molar-refractivity contribution in [2.24, 2.45) is 11.8 Å². The van der Waals surface area contributed by atoms with E-state index in [2.05, 4.69) is 5.32 Å². The third-order valence-corrected chi connectivity index (χ3v) is 4.03. The molecule has 2 fully saturated rings. The molecule has 6 nitrogen and oxygen atoms in total. The molecule has 0 spiro atoms. The van der Waals surface area contributed by atoms with Gasteiger partial charge in [0.15, 0.2) is 0 Å². The van der Waals surface area contributed by atoms with Gasteiger partial charge >= 0.3 is 0 Å². The second kappa shape index (κ2) is 6.16. The van der Waals surface area contributed by atoms with E-state index in [1.54, 1.807) is 29.2 Å². The highest BCUT2D eigenvalue weighted by Crippen LogP contribution is 2.41. The topological polar surface area (TPSA) is 82.4 Å². The lowest BCUT2D eigenvalue weighted by Crippen LogP contribution is -2.42. The Bertz CT molecular complexity index is 632. The summed E-state index contributed by atoms with van der Waals surface area (Å²) in [5.41, 5.74) is 1.09. The van der Waals surface area contributed by atoms with Crippen LogP contribution in [0, 0.1) is 23.2 Å². The van der Waals surface area contributed by atoms with Gasteiger partial charge < -0.3 is 15.0 Å². The van der Waals surface area contributed by atoms with Gasteiger partial charge in [-0.3, -0.25) is 9.59 Å². The predicted octanol–water partition coefficient (Wildman–Crippen LogP) is 0.992. The van der Waals surface area contributed by atoms with Crippen molar-refractivity contribution < 1.29 is 14.3 Å². The van der Waals surface area contributed by atoms with Crippen molar-refractivity contribution in [3.63, 3.8) is 0 Å². The van der Waals surface area contributed by atoms with Crippen LogP contribution in [0.1, 0.15) is 12.0 Å². The number of hydrogen-bond acceptors (Lipinski definition) is 4. The minimum absolute atomic E-state index is 0.0502. The predicted molar refractivity (Wildman–Crippen MR) is 78.8 cm³/mol. The summed E-state index contributed by atoms with van der Waals surface area (Å²) in [6, 6.07) is 8.79. The van der Waals surface area contributed by atoms with Crippen LogP contribution in [0.25, 0.3) is 0 Å². The summed E-state index contributed by atoms with van der Waals surface area (Å²) < 4.78 is 5.23. The molecule has 1 heterocycles. The number of amides is 2. The molecule has 2 aliphatic rings. The Morgan fingerprint density at radius 3 is 2.77 bits per heavy atom. The number of morpholine rings is 1. The van der Waals surface area contributed by atoms with Gasteiger partial charge in [0.2, 0.25) is 11.8 Å². The number of anilines is 1. The Hall–Kier alpha value is -2.39. The van der Waals surface area contributed by atoms with Gasteiger partial charge in [-0.2, -0.15) is 5.26 Å². The first kappa shape index (κ1) is 14.5. The zero-order valence-electron chi connectivity index (χ0n) is 12.1. The van der Waals surface area contributed by atoms with Gasteiger partial charge in [-0.1, -0.05) is 6.07 Å². The summed E-state index contributed by atoms with van der Waals surface area (Å²) in [6.07, 6.45) is 0.597. The van der Waals surface area contributed by atoms with E-state index in [4.69, 9.17) is 10.00 Å². The first-order valence-electron chi connectivity index (χ1n) is 7.36. The Morgan fingerprint density at radius 2 is 2.05 bits per heavy atom. The molecule has 1 aromatic rings. The fourth-order valence-corrected chi connectivity index (χ4v) is 2.68. The third-order valence-electron chi connectivity index (χ3n) is 4.03. The first-order valence-corrected chi connectivity index (χ1v) is 7.36. The lowest BCUT2D eigenvalue weighted by Gasteiger charge is -2.27. The maximum atomic E-state index is 12.3. The summed E-state index contributed by atoms with van der Waals surface area (Å²) in [7, 11) is 0. The van der Waals surface area contributed by atoms with Crippen molar-refractivity contribution >= 4 is 17.5 Å². The van der Waals surface area contributed by atoms with Crippen LogP contribution in [0.15, 0.2) is 24.3 Å². The van der Waals surface area contributed by atoms with E-state index < -0.39 is 0 Å². The summed E-state index contributed by atoms with van der Waals surface area (Å²) in [5.74, 6) is -0.575. The average molecular weight is 299 g/mol. The highest BCUT2D eigenvalue weighted by atomic mass is 16.5. The molecular formula is C16H17N3O3. The lowest BCUT2D eigenvalue weighted by molar-refractivity contribution is -0.137. The molecule has 1 saturated heterocycles. The molecule has 1 aliphatic carbocycles. The number of carbonyl (C=O) groups is 2. The highest BCUT2D eigenvalue weighted by molar-refractivity contribution is 5.99. The van der Waals surface area contributed by atoms with Crippen molar-refractivity contribution in [1.29, 1.82) is 5.26 Å². The molecule has 0 radical (unpaired) electrons. The van der Waals surface area contributed by atoms with Crippen LogP contribution in [-0.2, 0) is 14.3 Å². The number of rotatable bonds is 3. The van der Waals surface area contributed by atoms with Gasteiger partial charge in [0.05, 0.1) is 36.7 Å². The van der Waals surface area contributed by atoms with Crippen LogP contribution in [0.4, 0.5) is 5.69 Å². The second-order valence-corrected chi connectivity index (χ2v) is 5.57. The van der Waals surface area contributed by atoms with Gasteiger partial charge in [-0.25, -0.2) is 0 Å². The van der Waals surface area contributed by atoms with E-state index in [1.807, 2.05) is 6.07 Å². The highest BCUT2D eigenvalue weighted by Gasteiger charge is 2.49. The maximum absolute atomic E-state index is 12.3. The normalized spacial score (nSPS) is 23.5. The lowest BCUT2D eigenvalue weighted by atomic mass is 10.2. The van der Waals surface area contributed by atoms with Crippen molar-refractivity contribution in [1.82, 2.24) is 4.90 Å². The summed E-state index contributed by atoms with van der Waals surface area (Å²) in [5, 5.41) is 11.6. The minimum atomic E-state index is -0.263. The molecule has 0 aromatic heterocycles. The number of ether oxygens (including phenoxy) is 1. The number of hydrogen-bond donors (Lipinski definition) is 1. The fourth-order valence-electron chi connectivity index (χ4n) is 2.68. The van der Waals surface area contributed by atoms with Crippen LogP contribution in [0.5, 0.6) is 0 Å². The number of nitriles is 1. The Labute approximate surface area is 128 Å².